The van der Waals surface area contributed by atoms with Crippen LogP contribution in [0.5, 0.6) is 0 Å². The lowest BCUT2D eigenvalue weighted by atomic mass is 9.92. The summed E-state index contributed by atoms with van der Waals surface area (Å²) in [7, 11) is 0. The third kappa shape index (κ3) is 5.86. The van der Waals surface area contributed by atoms with Crippen molar-refractivity contribution in [2.45, 2.75) is 59.4 Å². The summed E-state index contributed by atoms with van der Waals surface area (Å²) in [4.78, 5) is 2.66. The molecule has 0 spiro atoms. The maximum atomic E-state index is 3.67. The monoisotopic (exact) mass is 226 g/mol. The van der Waals surface area contributed by atoms with Gasteiger partial charge in [0, 0.05) is 12.6 Å². The number of nitrogens with one attached hydrogen (secondary N) is 1. The van der Waals surface area contributed by atoms with Crippen LogP contribution in [0.2, 0.25) is 0 Å². The molecule has 2 heteroatoms. The molecule has 1 rings (SSSR count). The van der Waals surface area contributed by atoms with Crippen molar-refractivity contribution in [2.24, 2.45) is 5.41 Å². The van der Waals surface area contributed by atoms with Gasteiger partial charge in [-0.2, -0.15) is 0 Å². The summed E-state index contributed by atoms with van der Waals surface area (Å²) in [6.45, 7) is 14.3. The van der Waals surface area contributed by atoms with Crippen molar-refractivity contribution < 1.29 is 0 Å². The van der Waals surface area contributed by atoms with Gasteiger partial charge < -0.3 is 10.2 Å². The summed E-state index contributed by atoms with van der Waals surface area (Å²) in [6, 6.07) is 0.729. The molecule has 0 aromatic rings. The Hall–Kier alpha value is -0.0800. The van der Waals surface area contributed by atoms with Gasteiger partial charge in [0.25, 0.3) is 0 Å². The molecular weight excluding hydrogens is 196 g/mol. The zero-order valence-corrected chi connectivity index (χ0v) is 11.7. The molecule has 1 unspecified atom stereocenters. The molecule has 96 valence electrons. The first-order valence-corrected chi connectivity index (χ1v) is 6.97. The highest BCUT2D eigenvalue weighted by Crippen LogP contribution is 2.19. The molecule has 0 aromatic carbocycles. The van der Waals surface area contributed by atoms with Gasteiger partial charge in [-0.05, 0) is 44.3 Å². The lowest BCUT2D eigenvalue weighted by molar-refractivity contribution is 0.221. The first-order chi connectivity index (χ1) is 7.51. The Kier molecular flexibility index (Phi) is 5.77. The first kappa shape index (κ1) is 14.0. The standard InChI is InChI=1S/C14H30N2/c1-5-7-13-12-16(10-6-9-15-13)11-8-14(2,3)4/h13,15H,5-12H2,1-4H3. The molecule has 1 atom stereocenters. The van der Waals surface area contributed by atoms with Gasteiger partial charge in [0.2, 0.25) is 0 Å². The second kappa shape index (κ2) is 6.61. The van der Waals surface area contributed by atoms with Gasteiger partial charge in [-0.15, -0.1) is 0 Å². The SMILES string of the molecule is CCCC1CN(CCC(C)(C)C)CCCN1. The summed E-state index contributed by atoms with van der Waals surface area (Å²) in [6.07, 6.45) is 5.24. The van der Waals surface area contributed by atoms with Gasteiger partial charge in [0.05, 0.1) is 0 Å². The molecule has 1 N–H and O–H groups in total. The third-order valence-corrected chi connectivity index (χ3v) is 3.38. The van der Waals surface area contributed by atoms with E-state index >= 15 is 0 Å². The van der Waals surface area contributed by atoms with Crippen LogP contribution in [-0.4, -0.2) is 37.1 Å². The molecule has 2 nitrogen and oxygen atoms in total. The van der Waals surface area contributed by atoms with Crippen molar-refractivity contribution >= 4 is 0 Å². The zero-order valence-electron chi connectivity index (χ0n) is 11.7. The van der Waals surface area contributed by atoms with Crippen molar-refractivity contribution in [2.75, 3.05) is 26.2 Å². The minimum absolute atomic E-state index is 0.472. The number of rotatable bonds is 4. The van der Waals surface area contributed by atoms with E-state index in [-0.39, 0.29) is 0 Å². The molecule has 1 heterocycles. The summed E-state index contributed by atoms with van der Waals surface area (Å²) >= 11 is 0. The van der Waals surface area contributed by atoms with E-state index in [0.717, 1.165) is 6.04 Å². The van der Waals surface area contributed by atoms with Gasteiger partial charge in [-0.3, -0.25) is 0 Å². The minimum atomic E-state index is 0.472. The highest BCUT2D eigenvalue weighted by Gasteiger charge is 2.18. The molecule has 1 saturated heterocycles. The second-order valence-electron chi connectivity index (χ2n) is 6.40. The average Bonchev–Trinajstić information content (AvgIpc) is 2.40. The summed E-state index contributed by atoms with van der Waals surface area (Å²) < 4.78 is 0. The fourth-order valence-corrected chi connectivity index (χ4v) is 2.31. The summed E-state index contributed by atoms with van der Waals surface area (Å²) in [5, 5.41) is 3.67. The number of nitrogens with zero attached hydrogens (tertiary/aromatic N) is 1. The van der Waals surface area contributed by atoms with Crippen molar-refractivity contribution in [3.05, 3.63) is 0 Å². The molecule has 0 saturated carbocycles. The maximum Gasteiger partial charge on any atom is 0.0194 e. The highest BCUT2D eigenvalue weighted by atomic mass is 15.2. The summed E-state index contributed by atoms with van der Waals surface area (Å²) in [5.41, 5.74) is 0.472. The first-order valence-electron chi connectivity index (χ1n) is 6.97. The lowest BCUT2D eigenvalue weighted by Gasteiger charge is -2.27. The Balaban J connectivity index is 2.33. The molecule has 1 aliphatic rings. The van der Waals surface area contributed by atoms with Crippen molar-refractivity contribution in [1.82, 2.24) is 10.2 Å². The second-order valence-corrected chi connectivity index (χ2v) is 6.40. The van der Waals surface area contributed by atoms with Gasteiger partial charge in [0.1, 0.15) is 0 Å². The fourth-order valence-electron chi connectivity index (χ4n) is 2.31. The molecular formula is C14H30N2. The van der Waals surface area contributed by atoms with Gasteiger partial charge in [-0.1, -0.05) is 34.1 Å². The minimum Gasteiger partial charge on any atom is -0.313 e. The quantitative estimate of drug-likeness (QED) is 0.793. The van der Waals surface area contributed by atoms with Crippen LogP contribution in [0.3, 0.4) is 0 Å². The van der Waals surface area contributed by atoms with Gasteiger partial charge in [0.15, 0.2) is 0 Å². The zero-order chi connectivity index (χ0) is 12.0. The van der Waals surface area contributed by atoms with Crippen molar-refractivity contribution in [3.8, 4) is 0 Å². The smallest absolute Gasteiger partial charge is 0.0194 e. The molecule has 16 heavy (non-hydrogen) atoms. The van der Waals surface area contributed by atoms with E-state index in [1.54, 1.807) is 0 Å². The highest BCUT2D eigenvalue weighted by molar-refractivity contribution is 4.77. The van der Waals surface area contributed by atoms with Crippen LogP contribution in [-0.2, 0) is 0 Å². The topological polar surface area (TPSA) is 15.3 Å². The molecule has 0 radical (unpaired) electrons. The van der Waals surface area contributed by atoms with E-state index < -0.39 is 0 Å². The number of hydrogen-bond acceptors (Lipinski definition) is 2. The van der Waals surface area contributed by atoms with E-state index in [4.69, 9.17) is 0 Å². The van der Waals surface area contributed by atoms with E-state index in [1.807, 2.05) is 0 Å². The molecule has 1 fully saturated rings. The van der Waals surface area contributed by atoms with Crippen LogP contribution in [0.1, 0.15) is 53.4 Å². The van der Waals surface area contributed by atoms with E-state index in [2.05, 4.69) is 37.9 Å². The van der Waals surface area contributed by atoms with Crippen molar-refractivity contribution in [1.29, 1.82) is 0 Å². The van der Waals surface area contributed by atoms with Crippen molar-refractivity contribution in [3.63, 3.8) is 0 Å². The van der Waals surface area contributed by atoms with Crippen LogP contribution in [0.25, 0.3) is 0 Å². The Labute approximate surface area is 102 Å². The Morgan fingerprint density at radius 1 is 1.31 bits per heavy atom. The Bertz CT molecular complexity index is 184. The Morgan fingerprint density at radius 2 is 2.06 bits per heavy atom. The van der Waals surface area contributed by atoms with Gasteiger partial charge >= 0.3 is 0 Å². The maximum absolute atomic E-state index is 3.67. The number of hydrogen-bond donors (Lipinski definition) is 1. The largest absolute Gasteiger partial charge is 0.313 e. The predicted octanol–water partition coefficient (Wildman–Crippen LogP) is 2.89. The average molecular weight is 226 g/mol. The fraction of sp³-hybridized carbons (Fsp3) is 1.00. The van der Waals surface area contributed by atoms with Crippen LogP contribution in [0.15, 0.2) is 0 Å². The van der Waals surface area contributed by atoms with E-state index in [9.17, 15) is 0 Å². The molecule has 1 aliphatic heterocycles. The Morgan fingerprint density at radius 3 is 2.69 bits per heavy atom. The van der Waals surface area contributed by atoms with Crippen LogP contribution < -0.4 is 5.32 Å². The third-order valence-electron chi connectivity index (χ3n) is 3.38. The predicted molar refractivity (Wildman–Crippen MR) is 71.8 cm³/mol. The molecule has 0 aromatic heterocycles. The lowest BCUT2D eigenvalue weighted by Crippen LogP contribution is -2.38. The molecule has 0 bridgehead atoms. The van der Waals surface area contributed by atoms with Crippen LogP contribution >= 0.6 is 0 Å². The van der Waals surface area contributed by atoms with Gasteiger partial charge in [-0.25, -0.2) is 0 Å². The van der Waals surface area contributed by atoms with Crippen LogP contribution in [0, 0.1) is 5.41 Å². The van der Waals surface area contributed by atoms with E-state index in [0.29, 0.717) is 5.41 Å². The summed E-state index contributed by atoms with van der Waals surface area (Å²) in [5.74, 6) is 0. The molecule has 0 amide bonds. The normalized spacial score (nSPS) is 24.4. The van der Waals surface area contributed by atoms with Crippen LogP contribution in [0.4, 0.5) is 0 Å². The molecule has 0 aliphatic carbocycles. The van der Waals surface area contributed by atoms with E-state index in [1.165, 1.54) is 51.9 Å².